The number of phosphoric acid groups is 2. The average molecular weight is 778 g/mol. The smallest absolute Gasteiger partial charge is 0.306 e. The van der Waals surface area contributed by atoms with Gasteiger partial charge in [-0.1, -0.05) is 141 Å². The van der Waals surface area contributed by atoms with Crippen molar-refractivity contribution in [3.05, 3.63) is 24.3 Å². The molecule has 0 saturated carbocycles. The number of carbonyl (C=O) groups excluding carboxylic acids is 2. The molecule has 0 radical (unpaired) electrons. The molecule has 0 amide bonds. The van der Waals surface area contributed by atoms with E-state index in [-0.39, 0.29) is 12.8 Å². The summed E-state index contributed by atoms with van der Waals surface area (Å²) in [5, 5.41) is 0. The van der Waals surface area contributed by atoms with Crippen molar-refractivity contribution < 1.29 is 51.7 Å². The largest absolute Gasteiger partial charge is 0.790 e. The van der Waals surface area contributed by atoms with Crippen molar-refractivity contribution in [3.63, 3.8) is 0 Å². The third-order valence-electron chi connectivity index (χ3n) is 8.63. The molecule has 0 heterocycles. The summed E-state index contributed by atoms with van der Waals surface area (Å²) in [4.78, 5) is 57.9. The van der Waals surface area contributed by atoms with Gasteiger partial charge in [0.1, 0.15) is 6.61 Å². The lowest BCUT2D eigenvalue weighted by molar-refractivity contribution is -0.339. The molecule has 0 aliphatic rings. The molecule has 13 heteroatoms. The number of carbonyl (C=O) groups is 2. The number of hydrogen-bond acceptors (Lipinski definition) is 11. The van der Waals surface area contributed by atoms with E-state index in [1.165, 1.54) is 77.0 Å². The Morgan fingerprint density at radius 3 is 1.29 bits per heavy atom. The van der Waals surface area contributed by atoms with Crippen molar-refractivity contribution in [3.8, 4) is 0 Å². The average Bonchev–Trinajstić information content (AvgIpc) is 3.08. The SMILES string of the molecule is CCCCCCCC/C=C\CCCCCCCC(=O)OC[C@H](COP(=O)([O-])OP(=O)([O-])[O-])OC(=O)CCCCCCC/C=C\CCCCCCCC. The normalized spacial score (nSPS) is 13.9. The summed E-state index contributed by atoms with van der Waals surface area (Å²) in [5.74, 6) is -1.18. The van der Waals surface area contributed by atoms with Gasteiger partial charge in [0.25, 0.3) is 7.82 Å². The van der Waals surface area contributed by atoms with Crippen LogP contribution in [0.15, 0.2) is 24.3 Å². The van der Waals surface area contributed by atoms with Crippen LogP contribution in [0.2, 0.25) is 0 Å². The highest BCUT2D eigenvalue weighted by atomic mass is 31.3. The lowest BCUT2D eigenvalue weighted by atomic mass is 10.1. The van der Waals surface area contributed by atoms with Gasteiger partial charge in [-0.3, -0.25) is 18.5 Å². The topological polar surface area (TPSA) is 174 Å². The summed E-state index contributed by atoms with van der Waals surface area (Å²) in [6.45, 7) is 3.09. The van der Waals surface area contributed by atoms with Gasteiger partial charge in [-0.2, -0.15) is 0 Å². The minimum absolute atomic E-state index is 0.0688. The quantitative estimate of drug-likeness (QED) is 0.0253. The summed E-state index contributed by atoms with van der Waals surface area (Å²) in [6.07, 6.45) is 37.0. The number of unbranched alkanes of at least 4 members (excludes halogenated alkanes) is 22. The Bertz CT molecular complexity index is 1010. The van der Waals surface area contributed by atoms with Gasteiger partial charge in [-0.05, 0) is 64.2 Å². The van der Waals surface area contributed by atoms with Gasteiger partial charge in [0.05, 0.1) is 14.4 Å². The molecule has 0 aliphatic heterocycles. The van der Waals surface area contributed by atoms with Crippen LogP contribution in [0.25, 0.3) is 0 Å². The summed E-state index contributed by atoms with van der Waals surface area (Å²) in [7, 11) is -11.4. The maximum atomic E-state index is 12.5. The third-order valence-corrected chi connectivity index (χ3v) is 10.7. The molecule has 1 unspecified atom stereocenters. The van der Waals surface area contributed by atoms with E-state index in [0.29, 0.717) is 12.8 Å². The van der Waals surface area contributed by atoms with Crippen LogP contribution in [0.5, 0.6) is 0 Å². The summed E-state index contributed by atoms with van der Waals surface area (Å²) in [6, 6.07) is 0. The fourth-order valence-corrected chi connectivity index (χ4v) is 7.14. The molecule has 2 atom stereocenters. The van der Waals surface area contributed by atoms with Crippen LogP contribution >= 0.6 is 15.6 Å². The van der Waals surface area contributed by atoms with E-state index >= 15 is 0 Å². The number of allylic oxidation sites excluding steroid dienone is 4. The molecule has 0 aromatic carbocycles. The van der Waals surface area contributed by atoms with Gasteiger partial charge in [-0.25, -0.2) is 0 Å². The van der Waals surface area contributed by atoms with Crippen molar-refractivity contribution in [1.29, 1.82) is 0 Å². The fraction of sp³-hybridized carbons (Fsp3) is 0.846. The van der Waals surface area contributed by atoms with Crippen molar-refractivity contribution in [2.45, 2.75) is 200 Å². The third kappa shape index (κ3) is 38.4. The standard InChI is InChI=1S/C39H74O11P2/c1-3-5-7-9-11-13-15-17-19-21-23-25-27-29-31-33-38(40)47-35-37(36-48-52(45,46)50-51(42,43)44)49-39(41)34-32-30-28-26-24-22-20-18-16-14-12-10-8-6-4-2/h17-20,37H,3-16,21-36H2,1-2H3,(H,45,46)(H2,42,43,44)/p-3/b19-17-,20-18-/t37-/m1/s1. The Labute approximate surface area is 315 Å². The molecule has 52 heavy (non-hydrogen) atoms. The molecule has 0 bridgehead atoms. The highest BCUT2D eigenvalue weighted by Crippen LogP contribution is 2.50. The first-order valence-corrected chi connectivity index (χ1v) is 23.2. The van der Waals surface area contributed by atoms with E-state index < -0.39 is 46.9 Å². The number of rotatable bonds is 38. The van der Waals surface area contributed by atoms with Gasteiger partial charge in [-0.15, -0.1) is 0 Å². The molecular formula is C39H71O11P2-3. The number of ether oxygens (including phenoxy) is 2. The second-order valence-corrected chi connectivity index (χ2v) is 16.4. The maximum Gasteiger partial charge on any atom is 0.306 e. The highest BCUT2D eigenvalue weighted by molar-refractivity contribution is 7.58. The van der Waals surface area contributed by atoms with Gasteiger partial charge < -0.3 is 33.2 Å². The molecule has 11 nitrogen and oxygen atoms in total. The van der Waals surface area contributed by atoms with Gasteiger partial charge in [0.15, 0.2) is 6.10 Å². The van der Waals surface area contributed by atoms with Crippen LogP contribution in [-0.4, -0.2) is 31.3 Å². The van der Waals surface area contributed by atoms with Crippen LogP contribution in [0.3, 0.4) is 0 Å². The predicted molar refractivity (Wildman–Crippen MR) is 202 cm³/mol. The van der Waals surface area contributed by atoms with Gasteiger partial charge in [0.2, 0.25) is 0 Å². The van der Waals surface area contributed by atoms with E-state index in [1.54, 1.807) is 0 Å². The lowest BCUT2D eigenvalue weighted by Crippen LogP contribution is -2.30. The first kappa shape index (κ1) is 50.7. The van der Waals surface area contributed by atoms with Crippen LogP contribution < -0.4 is 14.7 Å². The van der Waals surface area contributed by atoms with Crippen molar-refractivity contribution in [2.24, 2.45) is 0 Å². The van der Waals surface area contributed by atoms with Gasteiger partial charge >= 0.3 is 11.9 Å². The number of esters is 2. The zero-order valence-electron chi connectivity index (χ0n) is 32.5. The Kier molecular flexibility index (Phi) is 34.5. The van der Waals surface area contributed by atoms with E-state index in [2.05, 4.69) is 47.0 Å². The first-order chi connectivity index (χ1) is 25.0. The lowest BCUT2D eigenvalue weighted by Gasteiger charge is -2.35. The summed E-state index contributed by atoms with van der Waals surface area (Å²) >= 11 is 0. The van der Waals surface area contributed by atoms with Crippen LogP contribution in [-0.2, 0) is 37.0 Å². The Hall–Kier alpha value is -1.32. The van der Waals surface area contributed by atoms with E-state index in [4.69, 9.17) is 9.47 Å². The first-order valence-electron chi connectivity index (χ1n) is 20.3. The summed E-state index contributed by atoms with van der Waals surface area (Å²) in [5.41, 5.74) is 0. The minimum Gasteiger partial charge on any atom is -0.790 e. The molecule has 0 aromatic heterocycles. The van der Waals surface area contributed by atoms with Gasteiger partial charge in [0, 0.05) is 12.8 Å². The second-order valence-electron chi connectivity index (χ2n) is 13.7. The van der Waals surface area contributed by atoms with Crippen LogP contribution in [0.1, 0.15) is 194 Å². The monoisotopic (exact) mass is 777 g/mol. The second kappa shape index (κ2) is 35.4. The Morgan fingerprint density at radius 1 is 0.519 bits per heavy atom. The van der Waals surface area contributed by atoms with E-state index in [1.807, 2.05) is 0 Å². The molecule has 0 fully saturated rings. The Morgan fingerprint density at radius 2 is 0.885 bits per heavy atom. The van der Waals surface area contributed by atoms with Crippen LogP contribution in [0, 0.1) is 0 Å². The van der Waals surface area contributed by atoms with E-state index in [0.717, 1.165) is 77.0 Å². The predicted octanol–water partition coefficient (Wildman–Crippen LogP) is 9.85. The van der Waals surface area contributed by atoms with Crippen molar-refractivity contribution in [2.75, 3.05) is 13.2 Å². The minimum atomic E-state index is -5.88. The van der Waals surface area contributed by atoms with E-state index in [9.17, 15) is 33.4 Å². The zero-order valence-corrected chi connectivity index (χ0v) is 34.3. The number of hydrogen-bond donors (Lipinski definition) is 0. The summed E-state index contributed by atoms with van der Waals surface area (Å²) < 4.78 is 40.8. The molecule has 306 valence electrons. The zero-order chi connectivity index (χ0) is 38.6. The molecule has 0 saturated heterocycles. The molecule has 0 aromatic rings. The van der Waals surface area contributed by atoms with Crippen LogP contribution in [0.4, 0.5) is 0 Å². The van der Waals surface area contributed by atoms with Crippen molar-refractivity contribution >= 4 is 27.6 Å². The molecular weight excluding hydrogens is 706 g/mol. The molecule has 0 N–H and O–H groups in total. The molecule has 0 spiro atoms. The number of phosphoric ester groups is 1. The highest BCUT2D eigenvalue weighted by Gasteiger charge is 2.21. The molecule has 0 rings (SSSR count). The molecule has 0 aliphatic carbocycles. The fourth-order valence-electron chi connectivity index (χ4n) is 5.62. The Balaban J connectivity index is 4.30. The maximum absolute atomic E-state index is 12.5. The van der Waals surface area contributed by atoms with Crippen molar-refractivity contribution in [1.82, 2.24) is 0 Å².